The third-order valence-electron chi connectivity index (χ3n) is 6.38. The van der Waals surface area contributed by atoms with Crippen LogP contribution >= 0.6 is 0 Å². The lowest BCUT2D eigenvalue weighted by Gasteiger charge is -2.32. The molecule has 2 atom stereocenters. The number of aromatic nitrogens is 3. The van der Waals surface area contributed by atoms with E-state index in [4.69, 9.17) is 0 Å². The normalized spacial score (nSPS) is 20.3. The third kappa shape index (κ3) is 2.40. The zero-order valence-corrected chi connectivity index (χ0v) is 17.4. The van der Waals surface area contributed by atoms with E-state index in [1.165, 1.54) is 5.56 Å². The molecule has 0 fully saturated rings. The Morgan fingerprint density at radius 2 is 1.03 bits per heavy atom. The summed E-state index contributed by atoms with van der Waals surface area (Å²) in [5.41, 5.74) is 8.02. The number of rotatable bonds is 2. The van der Waals surface area contributed by atoms with Crippen molar-refractivity contribution in [2.45, 2.75) is 33.1 Å². The number of hydrogen-bond donors (Lipinski definition) is 0. The Morgan fingerprint density at radius 3 is 1.48 bits per heavy atom. The molecule has 5 heterocycles. The van der Waals surface area contributed by atoms with Crippen LogP contribution in [0.1, 0.15) is 19.4 Å². The topological polar surface area (TPSA) is 51.6 Å². The summed E-state index contributed by atoms with van der Waals surface area (Å²) in [5, 5.41) is 0. The van der Waals surface area contributed by atoms with Gasteiger partial charge < -0.3 is 19.6 Å². The summed E-state index contributed by atoms with van der Waals surface area (Å²) in [4.78, 5) is 22.5. The van der Waals surface area contributed by atoms with E-state index in [-0.39, 0.29) is 12.3 Å². The quantitative estimate of drug-likeness (QED) is 0.657. The van der Waals surface area contributed by atoms with Crippen molar-refractivity contribution in [2.75, 3.05) is 33.7 Å². The minimum atomic E-state index is 0.181. The van der Waals surface area contributed by atoms with Crippen molar-refractivity contribution in [3.05, 3.63) is 54.9 Å². The van der Waals surface area contributed by atoms with E-state index in [2.05, 4.69) is 81.6 Å². The smallest absolute Gasteiger partial charge is 0.103 e. The molecule has 0 amide bonds. The van der Waals surface area contributed by atoms with E-state index in [0.717, 1.165) is 34.1 Å². The van der Waals surface area contributed by atoms with Crippen LogP contribution in [0, 0.1) is 6.92 Å². The molecule has 0 spiro atoms. The molecule has 0 bridgehead atoms. The molecule has 0 aromatic carbocycles. The first kappa shape index (κ1) is 17.7. The number of pyridine rings is 3. The van der Waals surface area contributed by atoms with Gasteiger partial charge in [0.2, 0.25) is 0 Å². The maximum atomic E-state index is 4.65. The first-order valence-corrected chi connectivity index (χ1v) is 9.87. The van der Waals surface area contributed by atoms with Gasteiger partial charge in [-0.3, -0.25) is 15.0 Å². The fourth-order valence-corrected chi connectivity index (χ4v) is 4.51. The number of anilines is 6. The summed E-state index contributed by atoms with van der Waals surface area (Å²) in [5.74, 6) is 0. The van der Waals surface area contributed by atoms with Crippen LogP contribution in [0.15, 0.2) is 49.3 Å². The average molecular weight is 387 g/mol. The van der Waals surface area contributed by atoms with Crippen LogP contribution in [0.25, 0.3) is 0 Å². The van der Waals surface area contributed by atoms with Crippen molar-refractivity contribution in [1.29, 1.82) is 0 Å². The first-order valence-electron chi connectivity index (χ1n) is 9.87. The lowest BCUT2D eigenvalue weighted by Crippen LogP contribution is -2.37. The van der Waals surface area contributed by atoms with Gasteiger partial charge in [-0.15, -0.1) is 0 Å². The maximum absolute atomic E-state index is 4.65. The number of hydrogen-bond acceptors (Lipinski definition) is 7. The zero-order chi connectivity index (χ0) is 20.3. The molecule has 2 aliphatic heterocycles. The fraction of sp³-hybridized carbons (Fsp3) is 0.318. The molecule has 148 valence electrons. The molecule has 3 aromatic rings. The zero-order valence-electron chi connectivity index (χ0n) is 17.4. The molecule has 0 N–H and O–H groups in total. The summed E-state index contributed by atoms with van der Waals surface area (Å²) in [6.07, 6.45) is 11.9. The summed E-state index contributed by atoms with van der Waals surface area (Å²) < 4.78 is 0. The maximum Gasteiger partial charge on any atom is 0.103 e. The van der Waals surface area contributed by atoms with Gasteiger partial charge in [0.25, 0.3) is 0 Å². The van der Waals surface area contributed by atoms with Gasteiger partial charge >= 0.3 is 0 Å². The Labute approximate surface area is 171 Å². The average Bonchev–Trinajstić information content (AvgIpc) is 3.14. The van der Waals surface area contributed by atoms with Crippen LogP contribution in [-0.4, -0.2) is 41.4 Å². The van der Waals surface area contributed by atoms with Crippen LogP contribution in [0.2, 0.25) is 0 Å². The van der Waals surface area contributed by atoms with Gasteiger partial charge in [0.15, 0.2) is 0 Å². The highest BCUT2D eigenvalue weighted by Crippen LogP contribution is 2.48. The summed E-state index contributed by atoms with van der Waals surface area (Å²) >= 11 is 0. The fourth-order valence-electron chi connectivity index (χ4n) is 4.51. The lowest BCUT2D eigenvalue weighted by molar-refractivity contribution is 0.722. The second-order valence-electron chi connectivity index (χ2n) is 7.76. The van der Waals surface area contributed by atoms with Crippen molar-refractivity contribution in [2.24, 2.45) is 0 Å². The molecule has 0 unspecified atom stereocenters. The van der Waals surface area contributed by atoms with Gasteiger partial charge in [0, 0.05) is 26.5 Å². The van der Waals surface area contributed by atoms with E-state index in [9.17, 15) is 0 Å². The van der Waals surface area contributed by atoms with E-state index in [1.807, 2.05) is 37.2 Å². The predicted molar refractivity (Wildman–Crippen MR) is 117 cm³/mol. The Morgan fingerprint density at radius 1 is 0.621 bits per heavy atom. The molecule has 5 rings (SSSR count). The largest absolute Gasteiger partial charge is 0.351 e. The van der Waals surface area contributed by atoms with E-state index >= 15 is 0 Å². The van der Waals surface area contributed by atoms with Crippen LogP contribution in [0.4, 0.5) is 34.1 Å². The number of fused-ring (bicyclic) bond motifs is 2. The Kier molecular flexibility index (Phi) is 3.87. The summed E-state index contributed by atoms with van der Waals surface area (Å²) in [7, 11) is 4.22. The standard InChI is InChI=1S/C22H25N7/c1-14-19(28-15(2)26(4)21-12-23-8-6-17(21)28)10-25-11-20(14)29-16(3)27(5)22-13-24-9-7-18(22)29/h6-13,15-16H,1-5H3/t15-,16+. The Bertz CT molecular complexity index is 1000. The molecule has 0 saturated carbocycles. The van der Waals surface area contributed by atoms with Gasteiger partial charge in [-0.2, -0.15) is 0 Å². The monoisotopic (exact) mass is 387 g/mol. The molecule has 0 radical (unpaired) electrons. The molecule has 0 saturated heterocycles. The molecular weight excluding hydrogens is 362 g/mol. The Hall–Kier alpha value is -3.35. The van der Waals surface area contributed by atoms with Gasteiger partial charge in [-0.25, -0.2) is 0 Å². The second kappa shape index (κ2) is 6.34. The molecule has 7 heteroatoms. The molecule has 3 aromatic heterocycles. The van der Waals surface area contributed by atoms with Gasteiger partial charge in [0.05, 0.1) is 58.9 Å². The summed E-state index contributed by atoms with van der Waals surface area (Å²) in [6.45, 7) is 6.60. The number of nitrogens with zero attached hydrogens (tertiary/aromatic N) is 7. The van der Waals surface area contributed by atoms with Crippen molar-refractivity contribution in [3.8, 4) is 0 Å². The highest BCUT2D eigenvalue weighted by Gasteiger charge is 2.36. The van der Waals surface area contributed by atoms with E-state index < -0.39 is 0 Å². The SMILES string of the molecule is Cc1c(N2c3ccncc3N(C)[C@H]2C)cncc1N1c2ccncc2N(C)[C@@H]1C. The first-order chi connectivity index (χ1) is 14.0. The molecule has 29 heavy (non-hydrogen) atoms. The van der Waals surface area contributed by atoms with Crippen molar-refractivity contribution < 1.29 is 0 Å². The van der Waals surface area contributed by atoms with Crippen LogP contribution in [0.3, 0.4) is 0 Å². The van der Waals surface area contributed by atoms with Gasteiger partial charge in [-0.05, 0) is 38.5 Å². The minimum absolute atomic E-state index is 0.181. The molecule has 0 aliphatic carbocycles. The highest BCUT2D eigenvalue weighted by atomic mass is 15.4. The minimum Gasteiger partial charge on any atom is -0.351 e. The van der Waals surface area contributed by atoms with Crippen molar-refractivity contribution in [1.82, 2.24) is 15.0 Å². The third-order valence-corrected chi connectivity index (χ3v) is 6.38. The van der Waals surface area contributed by atoms with Crippen LogP contribution in [-0.2, 0) is 0 Å². The van der Waals surface area contributed by atoms with Crippen LogP contribution < -0.4 is 19.6 Å². The molecule has 7 nitrogen and oxygen atoms in total. The Balaban J connectivity index is 1.64. The predicted octanol–water partition coefficient (Wildman–Crippen LogP) is 4.05. The van der Waals surface area contributed by atoms with E-state index in [0.29, 0.717) is 0 Å². The van der Waals surface area contributed by atoms with Crippen molar-refractivity contribution >= 4 is 34.1 Å². The van der Waals surface area contributed by atoms with Gasteiger partial charge in [0.1, 0.15) is 12.3 Å². The molecule has 2 aliphatic rings. The van der Waals surface area contributed by atoms with Crippen LogP contribution in [0.5, 0.6) is 0 Å². The second-order valence-corrected chi connectivity index (χ2v) is 7.76. The lowest BCUT2D eigenvalue weighted by atomic mass is 10.1. The van der Waals surface area contributed by atoms with E-state index in [1.54, 1.807) is 0 Å². The molecular formula is C22H25N7. The van der Waals surface area contributed by atoms with Crippen molar-refractivity contribution in [3.63, 3.8) is 0 Å². The summed E-state index contributed by atoms with van der Waals surface area (Å²) in [6, 6.07) is 4.16. The highest BCUT2D eigenvalue weighted by molar-refractivity contribution is 5.88. The van der Waals surface area contributed by atoms with Gasteiger partial charge in [-0.1, -0.05) is 0 Å².